The second-order valence-corrected chi connectivity index (χ2v) is 13.4. The highest BCUT2D eigenvalue weighted by Gasteiger charge is 2.31. The number of benzene rings is 3. The zero-order chi connectivity index (χ0) is 31.4. The summed E-state index contributed by atoms with van der Waals surface area (Å²) >= 11 is 3.51. The smallest absolute Gasteiger partial charge is 0.243 e. The molecule has 0 heterocycles. The zero-order valence-corrected chi connectivity index (χ0v) is 27.7. The van der Waals surface area contributed by atoms with Crippen molar-refractivity contribution in [3.05, 3.63) is 94.5 Å². The average molecular weight is 673 g/mol. The van der Waals surface area contributed by atoms with Gasteiger partial charge in [0.2, 0.25) is 21.8 Å². The van der Waals surface area contributed by atoms with Crippen LogP contribution < -0.4 is 14.4 Å². The molecule has 1 N–H and O–H groups in total. The monoisotopic (exact) mass is 671 g/mol. The Morgan fingerprint density at radius 1 is 0.953 bits per heavy atom. The van der Waals surface area contributed by atoms with Gasteiger partial charge in [0.05, 0.1) is 18.6 Å². The number of carbonyl (C=O) groups is 2. The molecule has 0 bridgehead atoms. The Morgan fingerprint density at radius 3 is 2.23 bits per heavy atom. The highest BCUT2D eigenvalue weighted by molar-refractivity contribution is 9.10. The second-order valence-electron chi connectivity index (χ2n) is 10.5. The topological polar surface area (TPSA) is 96.0 Å². The van der Waals surface area contributed by atoms with E-state index in [2.05, 4.69) is 21.2 Å². The molecule has 43 heavy (non-hydrogen) atoms. The maximum absolute atomic E-state index is 14.0. The number of nitrogens with one attached hydrogen (secondary N) is 1. The van der Waals surface area contributed by atoms with Gasteiger partial charge in [0, 0.05) is 36.4 Å². The lowest BCUT2D eigenvalue weighted by molar-refractivity contribution is -0.141. The summed E-state index contributed by atoms with van der Waals surface area (Å²) in [7, 11) is -3.60. The van der Waals surface area contributed by atoms with Crippen molar-refractivity contribution in [1.82, 2.24) is 10.2 Å². The van der Waals surface area contributed by atoms with Crippen LogP contribution in [0.2, 0.25) is 0 Å². The number of hydrogen-bond donors (Lipinski definition) is 1. The Morgan fingerprint density at radius 2 is 1.63 bits per heavy atom. The molecule has 0 aliphatic carbocycles. The van der Waals surface area contributed by atoms with Crippen molar-refractivity contribution < 1.29 is 22.7 Å². The number of anilines is 1. The fraction of sp³-hybridized carbons (Fsp3) is 0.394. The van der Waals surface area contributed by atoms with Gasteiger partial charge in [-0.2, -0.15) is 0 Å². The summed E-state index contributed by atoms with van der Waals surface area (Å²) < 4.78 is 33.1. The summed E-state index contributed by atoms with van der Waals surface area (Å²) in [5.41, 5.74) is 2.32. The van der Waals surface area contributed by atoms with Gasteiger partial charge >= 0.3 is 0 Å². The summed E-state index contributed by atoms with van der Waals surface area (Å²) in [5, 5.41) is 3.07. The largest absolute Gasteiger partial charge is 0.494 e. The molecule has 0 fully saturated rings. The number of hydrogen-bond acceptors (Lipinski definition) is 5. The van der Waals surface area contributed by atoms with Crippen LogP contribution in [0.3, 0.4) is 0 Å². The third-order valence-electron chi connectivity index (χ3n) is 7.10. The molecule has 0 radical (unpaired) electrons. The first-order valence-electron chi connectivity index (χ1n) is 14.6. The summed E-state index contributed by atoms with van der Waals surface area (Å²) in [6.45, 7) is 6.68. The first kappa shape index (κ1) is 34.1. The van der Waals surface area contributed by atoms with Crippen molar-refractivity contribution in [2.75, 3.05) is 23.7 Å². The molecular formula is C33H42BrN3O5S. The van der Waals surface area contributed by atoms with E-state index in [9.17, 15) is 18.0 Å². The van der Waals surface area contributed by atoms with Crippen molar-refractivity contribution in [3.8, 4) is 5.75 Å². The van der Waals surface area contributed by atoms with E-state index in [0.717, 1.165) is 28.3 Å². The lowest BCUT2D eigenvalue weighted by Gasteiger charge is -2.32. The SMILES string of the molecule is CCOc1ccc(N(CCCC(=O)N(Cc2cccc(Br)c2)C(Cc2ccccc2)C(=O)NC(C)CC)S(C)(=O)=O)cc1. The molecule has 10 heteroatoms. The first-order valence-corrected chi connectivity index (χ1v) is 17.2. The maximum Gasteiger partial charge on any atom is 0.243 e. The molecule has 3 aromatic rings. The quantitative estimate of drug-likeness (QED) is 0.203. The summed E-state index contributed by atoms with van der Waals surface area (Å²) in [6, 6.07) is 23.4. The Bertz CT molecular complexity index is 1430. The van der Waals surface area contributed by atoms with Gasteiger partial charge in [0.25, 0.3) is 0 Å². The van der Waals surface area contributed by atoms with E-state index in [-0.39, 0.29) is 43.8 Å². The normalized spacial score (nSPS) is 12.7. The van der Waals surface area contributed by atoms with Crippen LogP contribution in [0.25, 0.3) is 0 Å². The lowest BCUT2D eigenvalue weighted by atomic mass is 10.0. The minimum atomic E-state index is -3.60. The number of halogens is 1. The predicted molar refractivity (Wildman–Crippen MR) is 176 cm³/mol. The molecule has 3 aromatic carbocycles. The number of nitrogens with zero attached hydrogens (tertiary/aromatic N) is 2. The van der Waals surface area contributed by atoms with Crippen molar-refractivity contribution in [2.24, 2.45) is 0 Å². The van der Waals surface area contributed by atoms with Crippen molar-refractivity contribution in [1.29, 1.82) is 0 Å². The molecule has 2 amide bonds. The summed E-state index contributed by atoms with van der Waals surface area (Å²) in [6.07, 6.45) is 2.61. The van der Waals surface area contributed by atoms with Crippen molar-refractivity contribution >= 4 is 43.5 Å². The van der Waals surface area contributed by atoms with E-state index in [1.54, 1.807) is 29.2 Å². The highest BCUT2D eigenvalue weighted by Crippen LogP contribution is 2.23. The van der Waals surface area contributed by atoms with Crippen LogP contribution in [-0.4, -0.2) is 56.6 Å². The molecule has 0 aliphatic rings. The minimum Gasteiger partial charge on any atom is -0.494 e. The Labute approximate surface area is 264 Å². The van der Waals surface area contributed by atoms with Crippen LogP contribution in [0.1, 0.15) is 51.2 Å². The van der Waals surface area contributed by atoms with E-state index >= 15 is 0 Å². The molecular weight excluding hydrogens is 630 g/mol. The van der Waals surface area contributed by atoms with Gasteiger partial charge in [0.15, 0.2) is 0 Å². The molecule has 0 aliphatic heterocycles. The Kier molecular flexibility index (Phi) is 13.1. The number of rotatable bonds is 16. The van der Waals surface area contributed by atoms with Gasteiger partial charge in [-0.1, -0.05) is 65.3 Å². The molecule has 3 rings (SSSR count). The third-order valence-corrected chi connectivity index (χ3v) is 8.79. The van der Waals surface area contributed by atoms with Crippen LogP contribution in [-0.2, 0) is 32.6 Å². The van der Waals surface area contributed by atoms with Gasteiger partial charge < -0.3 is 15.0 Å². The van der Waals surface area contributed by atoms with Crippen LogP contribution >= 0.6 is 15.9 Å². The summed E-state index contributed by atoms with van der Waals surface area (Å²) in [5.74, 6) is 0.215. The van der Waals surface area contributed by atoms with E-state index in [1.807, 2.05) is 75.4 Å². The Balaban J connectivity index is 1.87. The lowest BCUT2D eigenvalue weighted by Crippen LogP contribution is -2.52. The fourth-order valence-corrected chi connectivity index (χ4v) is 6.12. The van der Waals surface area contributed by atoms with Crippen LogP contribution in [0.4, 0.5) is 5.69 Å². The van der Waals surface area contributed by atoms with Gasteiger partial charge in [-0.05, 0) is 74.2 Å². The van der Waals surface area contributed by atoms with E-state index in [4.69, 9.17) is 4.74 Å². The molecule has 0 aromatic heterocycles. The molecule has 2 unspecified atom stereocenters. The Hall–Kier alpha value is -3.37. The fourth-order valence-electron chi connectivity index (χ4n) is 4.71. The van der Waals surface area contributed by atoms with E-state index in [1.165, 1.54) is 4.31 Å². The van der Waals surface area contributed by atoms with Gasteiger partial charge in [-0.15, -0.1) is 0 Å². The number of sulfonamides is 1. The molecule has 8 nitrogen and oxygen atoms in total. The molecule has 0 spiro atoms. The van der Waals surface area contributed by atoms with Crippen LogP contribution in [0, 0.1) is 0 Å². The second kappa shape index (κ2) is 16.5. The first-order chi connectivity index (χ1) is 20.5. The van der Waals surface area contributed by atoms with Gasteiger partial charge in [0.1, 0.15) is 11.8 Å². The number of carbonyl (C=O) groups excluding carboxylic acids is 2. The number of ether oxygens (including phenoxy) is 1. The number of amides is 2. The maximum atomic E-state index is 14.0. The standard InChI is InChI=1S/C33H42BrN3O5S/c1-5-25(3)35-33(39)31(23-26-12-8-7-9-13-26)36(24-27-14-10-15-28(34)22-27)32(38)16-11-21-37(43(4,40)41)29-17-19-30(20-18-29)42-6-2/h7-10,12-15,17-20,22,25,31H,5-6,11,16,21,23-24H2,1-4H3,(H,35,39). The summed E-state index contributed by atoms with van der Waals surface area (Å²) in [4.78, 5) is 29.3. The van der Waals surface area contributed by atoms with Crippen LogP contribution in [0.5, 0.6) is 5.75 Å². The van der Waals surface area contributed by atoms with E-state index < -0.39 is 16.1 Å². The molecule has 2 atom stereocenters. The van der Waals surface area contributed by atoms with Gasteiger partial charge in [-0.3, -0.25) is 13.9 Å². The predicted octanol–water partition coefficient (Wildman–Crippen LogP) is 5.95. The van der Waals surface area contributed by atoms with Crippen molar-refractivity contribution in [2.45, 2.75) is 65.1 Å². The third kappa shape index (κ3) is 10.7. The molecule has 232 valence electrons. The van der Waals surface area contributed by atoms with E-state index in [0.29, 0.717) is 24.5 Å². The van der Waals surface area contributed by atoms with Crippen LogP contribution in [0.15, 0.2) is 83.3 Å². The zero-order valence-electron chi connectivity index (χ0n) is 25.3. The van der Waals surface area contributed by atoms with Gasteiger partial charge in [-0.25, -0.2) is 8.42 Å². The van der Waals surface area contributed by atoms with Crippen molar-refractivity contribution in [3.63, 3.8) is 0 Å². The molecule has 0 saturated carbocycles. The molecule has 0 saturated heterocycles. The highest BCUT2D eigenvalue weighted by atomic mass is 79.9. The average Bonchev–Trinajstić information content (AvgIpc) is 2.97. The minimum absolute atomic E-state index is 0.0500.